The maximum atomic E-state index is 11.7. The third kappa shape index (κ3) is 10.9. The number of unbranched alkanes of at least 4 members (excludes halogenated alkanes) is 6. The van der Waals surface area contributed by atoms with E-state index in [0.717, 1.165) is 45.2 Å². The summed E-state index contributed by atoms with van der Waals surface area (Å²) >= 11 is 0. The third-order valence-electron chi connectivity index (χ3n) is 6.62. The molecule has 0 spiro atoms. The van der Waals surface area contributed by atoms with Crippen LogP contribution in [0.4, 0.5) is 0 Å². The van der Waals surface area contributed by atoms with E-state index in [0.29, 0.717) is 13.2 Å². The van der Waals surface area contributed by atoms with Crippen LogP contribution in [0.15, 0.2) is 24.3 Å². The first-order valence-corrected chi connectivity index (χ1v) is 14.3. The monoisotopic (exact) mass is 483 g/mol. The van der Waals surface area contributed by atoms with Crippen molar-refractivity contribution in [2.45, 2.75) is 104 Å². The molecular formula is C26H45NO5S. The maximum absolute atomic E-state index is 11.7. The minimum atomic E-state index is -4.58. The van der Waals surface area contributed by atoms with Crippen molar-refractivity contribution in [3.63, 3.8) is 0 Å². The molecule has 0 radical (unpaired) electrons. The molecule has 0 fully saturated rings. The van der Waals surface area contributed by atoms with Crippen LogP contribution in [0, 0.1) is 5.92 Å². The van der Waals surface area contributed by atoms with Gasteiger partial charge in [-0.25, -0.2) is 4.18 Å². The molecule has 2 rings (SSSR count). The number of nitrogens with zero attached hydrogens (tertiary/aromatic N) is 1. The van der Waals surface area contributed by atoms with E-state index >= 15 is 0 Å². The van der Waals surface area contributed by atoms with Crippen LogP contribution in [0.5, 0.6) is 0 Å². The van der Waals surface area contributed by atoms with E-state index in [1.165, 1.54) is 43.2 Å². The van der Waals surface area contributed by atoms with Crippen LogP contribution in [-0.2, 0) is 32.3 Å². The Morgan fingerprint density at radius 3 is 2.33 bits per heavy atom. The zero-order chi connectivity index (χ0) is 24.1. The van der Waals surface area contributed by atoms with Crippen LogP contribution in [0.25, 0.3) is 0 Å². The predicted molar refractivity (Wildman–Crippen MR) is 134 cm³/mol. The normalized spacial score (nSPS) is 17.5. The van der Waals surface area contributed by atoms with Gasteiger partial charge in [-0.2, -0.15) is 8.42 Å². The van der Waals surface area contributed by atoms with Gasteiger partial charge in [0.2, 0.25) is 0 Å². The molecule has 3 unspecified atom stereocenters. The van der Waals surface area contributed by atoms with Gasteiger partial charge in [0.05, 0.1) is 6.10 Å². The maximum Gasteiger partial charge on any atom is 0.397 e. The van der Waals surface area contributed by atoms with Crippen molar-refractivity contribution in [2.75, 3.05) is 19.7 Å². The Bertz CT molecular complexity index is 770. The highest BCUT2D eigenvalue weighted by Gasteiger charge is 2.34. The highest BCUT2D eigenvalue weighted by molar-refractivity contribution is 7.80. The van der Waals surface area contributed by atoms with Gasteiger partial charge in [-0.3, -0.25) is 9.45 Å². The fraction of sp³-hybridized carbons (Fsp3) is 0.769. The fourth-order valence-electron chi connectivity index (χ4n) is 4.85. The Kier molecular flexibility index (Phi) is 12.9. The number of fused-ring (bicyclic) bond motifs is 1. The topological polar surface area (TPSA) is 76.1 Å². The van der Waals surface area contributed by atoms with Crippen molar-refractivity contribution in [3.8, 4) is 0 Å². The molecule has 1 aromatic rings. The largest absolute Gasteiger partial charge is 0.397 e. The summed E-state index contributed by atoms with van der Waals surface area (Å²) in [4.78, 5) is 2.21. The minimum Gasteiger partial charge on any atom is -0.375 e. The summed E-state index contributed by atoms with van der Waals surface area (Å²) in [5.74, 6) is 0.128. The summed E-state index contributed by atoms with van der Waals surface area (Å²) in [5.41, 5.74) is 2.60. The second-order valence-corrected chi connectivity index (χ2v) is 10.6. The van der Waals surface area contributed by atoms with Crippen molar-refractivity contribution >= 4 is 10.4 Å². The summed E-state index contributed by atoms with van der Waals surface area (Å²) in [6.45, 7) is 8.99. The van der Waals surface area contributed by atoms with Crippen LogP contribution >= 0.6 is 0 Å². The molecule has 190 valence electrons. The first-order chi connectivity index (χ1) is 15.8. The summed E-state index contributed by atoms with van der Waals surface area (Å²) in [6, 6.07) is 8.36. The standard InChI is InChI=1S/C26H45NO5S/c1-4-6-7-8-9-10-13-19-31-26(22(3)14-5-2)25(32-33(28,29)30)21-27-18-17-23-15-11-12-16-24(23)20-27/h11-12,15-16,22,25-26H,4-10,13-14,17-21H2,1-3H3,(H,28,29,30). The summed E-state index contributed by atoms with van der Waals surface area (Å²) in [6.07, 6.45) is 10.1. The second-order valence-electron chi connectivity index (χ2n) is 9.54. The van der Waals surface area contributed by atoms with Gasteiger partial charge in [0.1, 0.15) is 6.10 Å². The molecule has 1 N–H and O–H groups in total. The van der Waals surface area contributed by atoms with Crippen LogP contribution in [0.2, 0.25) is 0 Å². The molecule has 1 aliphatic rings. The van der Waals surface area contributed by atoms with Crippen LogP contribution < -0.4 is 0 Å². The summed E-state index contributed by atoms with van der Waals surface area (Å²) < 4.78 is 44.5. The molecule has 1 aliphatic heterocycles. The van der Waals surface area contributed by atoms with Gasteiger partial charge < -0.3 is 4.74 Å². The lowest BCUT2D eigenvalue weighted by Crippen LogP contribution is -2.47. The van der Waals surface area contributed by atoms with Gasteiger partial charge in [-0.05, 0) is 36.3 Å². The van der Waals surface area contributed by atoms with Crippen LogP contribution in [0.1, 0.15) is 89.7 Å². The lowest BCUT2D eigenvalue weighted by atomic mass is 9.93. The summed E-state index contributed by atoms with van der Waals surface area (Å²) in [7, 11) is -4.58. The highest BCUT2D eigenvalue weighted by Crippen LogP contribution is 2.25. The Morgan fingerprint density at radius 1 is 1.00 bits per heavy atom. The molecule has 33 heavy (non-hydrogen) atoms. The van der Waals surface area contributed by atoms with Gasteiger partial charge in [-0.1, -0.05) is 90.0 Å². The number of hydrogen-bond acceptors (Lipinski definition) is 5. The van der Waals surface area contributed by atoms with Gasteiger partial charge >= 0.3 is 10.4 Å². The van der Waals surface area contributed by atoms with E-state index in [9.17, 15) is 13.0 Å². The number of hydrogen-bond donors (Lipinski definition) is 1. The molecule has 6 nitrogen and oxygen atoms in total. The Morgan fingerprint density at radius 2 is 1.67 bits per heavy atom. The molecule has 1 aromatic carbocycles. The zero-order valence-electron chi connectivity index (χ0n) is 20.9. The summed E-state index contributed by atoms with van der Waals surface area (Å²) in [5, 5.41) is 0. The van der Waals surface area contributed by atoms with Crippen molar-refractivity contribution in [3.05, 3.63) is 35.4 Å². The van der Waals surface area contributed by atoms with E-state index in [1.807, 2.05) is 6.07 Å². The Labute approximate surface area is 202 Å². The van der Waals surface area contributed by atoms with E-state index in [-0.39, 0.29) is 12.0 Å². The van der Waals surface area contributed by atoms with Crippen LogP contribution in [-0.4, -0.2) is 49.8 Å². The molecule has 0 saturated heterocycles. The van der Waals surface area contributed by atoms with E-state index in [4.69, 9.17) is 8.92 Å². The molecule has 7 heteroatoms. The third-order valence-corrected chi connectivity index (χ3v) is 7.11. The van der Waals surface area contributed by atoms with E-state index < -0.39 is 16.5 Å². The lowest BCUT2D eigenvalue weighted by molar-refractivity contribution is -0.0690. The SMILES string of the molecule is CCCCCCCCCOC(C(C)CCC)C(CN1CCc2ccccc2C1)OS(=O)(=O)O. The number of benzene rings is 1. The molecule has 0 aliphatic carbocycles. The van der Waals surface area contributed by atoms with Crippen molar-refractivity contribution in [1.82, 2.24) is 4.90 Å². The highest BCUT2D eigenvalue weighted by atomic mass is 32.3. The first kappa shape index (κ1) is 28.2. The van der Waals surface area contributed by atoms with Gasteiger partial charge in [0.15, 0.2) is 0 Å². The van der Waals surface area contributed by atoms with Crippen molar-refractivity contribution in [1.29, 1.82) is 0 Å². The Hall–Kier alpha value is -0.990. The number of ether oxygens (including phenoxy) is 1. The lowest BCUT2D eigenvalue weighted by Gasteiger charge is -2.36. The fourth-order valence-corrected chi connectivity index (χ4v) is 5.33. The average molecular weight is 484 g/mol. The second kappa shape index (κ2) is 15.1. The van der Waals surface area contributed by atoms with Gasteiger partial charge in [-0.15, -0.1) is 0 Å². The van der Waals surface area contributed by atoms with E-state index in [2.05, 4.69) is 43.9 Å². The molecule has 0 aromatic heterocycles. The van der Waals surface area contributed by atoms with Crippen LogP contribution in [0.3, 0.4) is 0 Å². The molecule has 0 amide bonds. The van der Waals surface area contributed by atoms with E-state index in [1.54, 1.807) is 0 Å². The number of rotatable bonds is 17. The smallest absolute Gasteiger partial charge is 0.375 e. The zero-order valence-corrected chi connectivity index (χ0v) is 21.7. The molecule has 3 atom stereocenters. The molecular weight excluding hydrogens is 438 g/mol. The average Bonchev–Trinajstić information content (AvgIpc) is 2.77. The van der Waals surface area contributed by atoms with Gasteiger partial charge in [0.25, 0.3) is 0 Å². The molecule has 0 bridgehead atoms. The molecule has 1 heterocycles. The quantitative estimate of drug-likeness (QED) is 0.223. The molecule has 0 saturated carbocycles. The first-order valence-electron chi connectivity index (χ1n) is 12.9. The minimum absolute atomic E-state index is 0.128. The predicted octanol–water partition coefficient (Wildman–Crippen LogP) is 5.80. The van der Waals surface area contributed by atoms with Gasteiger partial charge in [0, 0.05) is 26.2 Å². The van der Waals surface area contributed by atoms with Crippen molar-refractivity contribution < 1.29 is 21.9 Å². The Balaban J connectivity index is 2.00. The van der Waals surface area contributed by atoms with Crippen molar-refractivity contribution in [2.24, 2.45) is 5.92 Å².